The largest absolute Gasteiger partial charge is 0.368 e. The fourth-order valence-corrected chi connectivity index (χ4v) is 1.59. The zero-order valence-electron chi connectivity index (χ0n) is 9.81. The number of imidazole rings is 1. The minimum atomic E-state index is 0.517. The molecule has 5 nitrogen and oxygen atoms in total. The number of aromatic nitrogens is 4. The second kappa shape index (κ2) is 3.92. The molecule has 2 aromatic rings. The molecule has 84 valence electrons. The van der Waals surface area contributed by atoms with Crippen molar-refractivity contribution in [2.45, 2.75) is 20.4 Å². The van der Waals surface area contributed by atoms with Crippen LogP contribution >= 0.6 is 0 Å². The zero-order valence-corrected chi connectivity index (χ0v) is 9.81. The van der Waals surface area contributed by atoms with Crippen LogP contribution in [0, 0.1) is 0 Å². The SMILES string of the molecule is CC(C)=CC[n+]1cnc(N)c2c1ncn2C. The topological polar surface area (TPSA) is 60.6 Å². The average Bonchev–Trinajstić information content (AvgIpc) is 2.61. The summed E-state index contributed by atoms with van der Waals surface area (Å²) in [6.07, 6.45) is 5.61. The number of anilines is 1. The van der Waals surface area contributed by atoms with Gasteiger partial charge in [-0.15, -0.1) is 0 Å². The Hall–Kier alpha value is -1.91. The van der Waals surface area contributed by atoms with Gasteiger partial charge in [-0.2, -0.15) is 0 Å². The van der Waals surface area contributed by atoms with Crippen LogP contribution in [-0.2, 0) is 13.6 Å². The van der Waals surface area contributed by atoms with Gasteiger partial charge >= 0.3 is 0 Å². The van der Waals surface area contributed by atoms with Gasteiger partial charge < -0.3 is 10.3 Å². The van der Waals surface area contributed by atoms with Crippen LogP contribution in [0.4, 0.5) is 5.82 Å². The summed E-state index contributed by atoms with van der Waals surface area (Å²) in [5.74, 6) is 0.517. The lowest BCUT2D eigenvalue weighted by Crippen LogP contribution is -2.35. The Bertz CT molecular complexity index is 549. The van der Waals surface area contributed by atoms with Crippen LogP contribution in [0.15, 0.2) is 24.3 Å². The summed E-state index contributed by atoms with van der Waals surface area (Å²) in [5, 5.41) is 0. The first-order chi connectivity index (χ1) is 7.59. The summed E-state index contributed by atoms with van der Waals surface area (Å²) >= 11 is 0. The smallest absolute Gasteiger partial charge is 0.293 e. The Morgan fingerprint density at radius 1 is 1.50 bits per heavy atom. The molecule has 16 heavy (non-hydrogen) atoms. The summed E-state index contributed by atoms with van der Waals surface area (Å²) < 4.78 is 3.87. The lowest BCUT2D eigenvalue weighted by atomic mass is 10.3. The molecule has 5 heteroatoms. The standard InChI is InChI=1S/C11H15N5/c1-8(2)4-5-16-7-13-10(12)9-11(16)14-6-15(9)3/h4,6-7,12H,5H2,1-3H3/p+1. The van der Waals surface area contributed by atoms with Crippen LogP contribution < -0.4 is 10.3 Å². The molecule has 0 unspecified atom stereocenters. The maximum atomic E-state index is 5.83. The molecule has 0 spiro atoms. The molecule has 0 amide bonds. The van der Waals surface area contributed by atoms with E-state index in [2.05, 4.69) is 29.9 Å². The van der Waals surface area contributed by atoms with Crippen LogP contribution in [0.3, 0.4) is 0 Å². The third kappa shape index (κ3) is 1.76. The first-order valence-electron chi connectivity index (χ1n) is 5.18. The minimum Gasteiger partial charge on any atom is -0.368 e. The van der Waals surface area contributed by atoms with E-state index >= 15 is 0 Å². The molecule has 0 saturated carbocycles. The monoisotopic (exact) mass is 218 g/mol. The Kier molecular flexibility index (Phi) is 2.60. The lowest BCUT2D eigenvalue weighted by Gasteiger charge is -1.99. The van der Waals surface area contributed by atoms with Crippen LogP contribution in [0.5, 0.6) is 0 Å². The van der Waals surface area contributed by atoms with Crippen LogP contribution in [-0.4, -0.2) is 14.5 Å². The first-order valence-corrected chi connectivity index (χ1v) is 5.18. The van der Waals surface area contributed by atoms with Gasteiger partial charge in [0.15, 0.2) is 11.8 Å². The van der Waals surface area contributed by atoms with Gasteiger partial charge in [0.2, 0.25) is 12.1 Å². The van der Waals surface area contributed by atoms with Crippen LogP contribution in [0.2, 0.25) is 0 Å². The number of hydrogen-bond acceptors (Lipinski definition) is 3. The predicted octanol–water partition coefficient (Wildman–Crippen LogP) is 0.804. The van der Waals surface area contributed by atoms with Gasteiger partial charge in [-0.3, -0.25) is 0 Å². The number of nitrogens with zero attached hydrogens (tertiary/aromatic N) is 4. The second-order valence-electron chi connectivity index (χ2n) is 4.09. The highest BCUT2D eigenvalue weighted by molar-refractivity contribution is 5.79. The average molecular weight is 218 g/mol. The maximum Gasteiger partial charge on any atom is 0.293 e. The molecule has 0 fully saturated rings. The molecule has 0 atom stereocenters. The van der Waals surface area contributed by atoms with Gasteiger partial charge in [0.05, 0.1) is 6.54 Å². The Labute approximate surface area is 94.2 Å². The van der Waals surface area contributed by atoms with Gasteiger partial charge in [0.1, 0.15) is 0 Å². The Balaban J connectivity index is 2.55. The van der Waals surface area contributed by atoms with E-state index in [0.29, 0.717) is 5.82 Å². The number of fused-ring (bicyclic) bond motifs is 1. The fraction of sp³-hybridized carbons (Fsp3) is 0.364. The van der Waals surface area contributed by atoms with E-state index in [0.717, 1.165) is 17.7 Å². The van der Waals surface area contributed by atoms with Gasteiger partial charge in [-0.1, -0.05) is 21.6 Å². The Morgan fingerprint density at radius 2 is 2.25 bits per heavy atom. The first kappa shape index (κ1) is 10.6. The molecule has 2 N–H and O–H groups in total. The third-order valence-corrected chi connectivity index (χ3v) is 2.46. The predicted molar refractivity (Wildman–Crippen MR) is 62.5 cm³/mol. The fourth-order valence-electron chi connectivity index (χ4n) is 1.59. The van der Waals surface area contributed by atoms with E-state index < -0.39 is 0 Å². The highest BCUT2D eigenvalue weighted by Gasteiger charge is 2.15. The van der Waals surface area contributed by atoms with Gasteiger partial charge in [0.25, 0.3) is 5.65 Å². The molecule has 2 aromatic heterocycles. The van der Waals surface area contributed by atoms with Crippen molar-refractivity contribution >= 4 is 17.0 Å². The quantitative estimate of drug-likeness (QED) is 0.599. The third-order valence-electron chi connectivity index (χ3n) is 2.46. The molecule has 2 heterocycles. The number of allylic oxidation sites excluding steroid dienone is 2. The molecule has 0 aliphatic rings. The van der Waals surface area contributed by atoms with Crippen molar-refractivity contribution in [3.63, 3.8) is 0 Å². The molecule has 0 aliphatic heterocycles. The molecule has 2 rings (SSSR count). The van der Waals surface area contributed by atoms with Gasteiger partial charge in [-0.05, 0) is 13.8 Å². The highest BCUT2D eigenvalue weighted by atomic mass is 15.2. The van der Waals surface area contributed by atoms with Crippen molar-refractivity contribution in [2.75, 3.05) is 5.73 Å². The molecule has 0 radical (unpaired) electrons. The molecule has 0 aliphatic carbocycles. The van der Waals surface area contributed by atoms with Crippen molar-refractivity contribution in [3.05, 3.63) is 24.3 Å². The van der Waals surface area contributed by atoms with Crippen molar-refractivity contribution in [2.24, 2.45) is 7.05 Å². The summed E-state index contributed by atoms with van der Waals surface area (Å²) in [7, 11) is 1.92. The van der Waals surface area contributed by atoms with E-state index in [1.165, 1.54) is 5.57 Å². The van der Waals surface area contributed by atoms with Crippen molar-refractivity contribution in [3.8, 4) is 0 Å². The van der Waals surface area contributed by atoms with Gasteiger partial charge in [-0.25, -0.2) is 4.57 Å². The van der Waals surface area contributed by atoms with Crippen LogP contribution in [0.1, 0.15) is 13.8 Å². The number of nitrogens with two attached hydrogens (primary N) is 1. The minimum absolute atomic E-state index is 0.517. The normalized spacial score (nSPS) is 10.7. The number of nitrogen functional groups attached to an aromatic ring is 1. The summed E-state index contributed by atoms with van der Waals surface area (Å²) in [6.45, 7) is 4.91. The Morgan fingerprint density at radius 3 is 2.94 bits per heavy atom. The summed E-state index contributed by atoms with van der Waals surface area (Å²) in [5.41, 5.74) is 8.84. The number of aryl methyl sites for hydroxylation is 1. The van der Waals surface area contributed by atoms with E-state index in [-0.39, 0.29) is 0 Å². The van der Waals surface area contributed by atoms with E-state index in [9.17, 15) is 0 Å². The van der Waals surface area contributed by atoms with Crippen molar-refractivity contribution < 1.29 is 4.57 Å². The molecular weight excluding hydrogens is 202 g/mol. The molecular formula is C11H16N5+. The van der Waals surface area contributed by atoms with E-state index in [4.69, 9.17) is 5.73 Å². The number of rotatable bonds is 2. The lowest BCUT2D eigenvalue weighted by molar-refractivity contribution is -0.665. The molecule has 0 bridgehead atoms. The van der Waals surface area contributed by atoms with Crippen molar-refractivity contribution in [1.29, 1.82) is 0 Å². The summed E-state index contributed by atoms with van der Waals surface area (Å²) in [6, 6.07) is 0. The van der Waals surface area contributed by atoms with Crippen LogP contribution in [0.25, 0.3) is 11.2 Å². The highest BCUT2D eigenvalue weighted by Crippen LogP contribution is 2.12. The number of hydrogen-bond donors (Lipinski definition) is 1. The van der Waals surface area contributed by atoms with E-state index in [1.807, 2.05) is 16.2 Å². The maximum absolute atomic E-state index is 5.83. The summed E-state index contributed by atoms with van der Waals surface area (Å²) in [4.78, 5) is 8.50. The zero-order chi connectivity index (χ0) is 11.7. The van der Waals surface area contributed by atoms with Gasteiger partial charge in [0, 0.05) is 7.05 Å². The molecule has 0 aromatic carbocycles. The second-order valence-corrected chi connectivity index (χ2v) is 4.09. The van der Waals surface area contributed by atoms with Crippen molar-refractivity contribution in [1.82, 2.24) is 14.5 Å². The van der Waals surface area contributed by atoms with E-state index in [1.54, 1.807) is 12.7 Å². The molecule has 0 saturated heterocycles.